The lowest BCUT2D eigenvalue weighted by atomic mass is 10.2. The zero-order chi connectivity index (χ0) is 12.3. The Morgan fingerprint density at radius 2 is 2.00 bits per heavy atom. The molecule has 0 atom stereocenters. The first-order valence-electron chi connectivity index (χ1n) is 4.96. The van der Waals surface area contributed by atoms with Crippen molar-refractivity contribution < 1.29 is 0 Å². The van der Waals surface area contributed by atoms with Crippen LogP contribution in [0.1, 0.15) is 11.1 Å². The summed E-state index contributed by atoms with van der Waals surface area (Å²) < 4.78 is 0. The second-order valence-corrected chi connectivity index (χ2v) is 4.48. The maximum atomic E-state index is 8.87. The number of aromatic nitrogens is 2. The lowest BCUT2D eigenvalue weighted by molar-refractivity contribution is 0.950. The molecule has 1 aromatic heterocycles. The van der Waals surface area contributed by atoms with Gasteiger partial charge < -0.3 is 5.73 Å². The van der Waals surface area contributed by atoms with Crippen LogP contribution in [0.15, 0.2) is 40.6 Å². The minimum atomic E-state index is 0.474. The van der Waals surface area contributed by atoms with E-state index in [0.29, 0.717) is 16.4 Å². The van der Waals surface area contributed by atoms with Crippen molar-refractivity contribution in [1.29, 1.82) is 5.26 Å². The molecule has 2 aromatic rings. The Labute approximate surface area is 104 Å². The van der Waals surface area contributed by atoms with E-state index in [1.54, 1.807) is 24.5 Å². The van der Waals surface area contributed by atoms with E-state index >= 15 is 0 Å². The summed E-state index contributed by atoms with van der Waals surface area (Å²) in [6.45, 7) is 1.93. The molecule has 2 N–H and O–H groups in total. The van der Waals surface area contributed by atoms with Crippen molar-refractivity contribution >= 4 is 17.4 Å². The predicted octanol–water partition coefficient (Wildman–Crippen LogP) is 2.39. The van der Waals surface area contributed by atoms with Crippen molar-refractivity contribution in [1.82, 2.24) is 9.97 Å². The van der Waals surface area contributed by atoms with Crippen molar-refractivity contribution in [3.8, 4) is 6.07 Å². The van der Waals surface area contributed by atoms with E-state index in [1.165, 1.54) is 11.8 Å². The maximum Gasteiger partial charge on any atom is 0.192 e. The van der Waals surface area contributed by atoms with E-state index in [-0.39, 0.29) is 0 Å². The summed E-state index contributed by atoms with van der Waals surface area (Å²) in [6, 6.07) is 7.39. The number of hydrogen-bond donors (Lipinski definition) is 1. The van der Waals surface area contributed by atoms with Gasteiger partial charge in [-0.25, -0.2) is 9.97 Å². The molecule has 0 saturated heterocycles. The quantitative estimate of drug-likeness (QED) is 0.646. The number of aryl methyl sites for hydroxylation is 1. The van der Waals surface area contributed by atoms with Crippen molar-refractivity contribution in [2.24, 2.45) is 0 Å². The number of nitriles is 1. The number of hydrogen-bond acceptors (Lipinski definition) is 5. The van der Waals surface area contributed by atoms with Gasteiger partial charge in [-0.05, 0) is 36.4 Å². The van der Waals surface area contributed by atoms with Crippen LogP contribution in [-0.4, -0.2) is 9.97 Å². The third-order valence-electron chi connectivity index (χ3n) is 2.15. The molecule has 1 aromatic carbocycles. The van der Waals surface area contributed by atoms with Crippen LogP contribution >= 0.6 is 11.8 Å². The summed E-state index contributed by atoms with van der Waals surface area (Å²) in [5, 5.41) is 9.50. The van der Waals surface area contributed by atoms with Crippen LogP contribution in [0.2, 0.25) is 0 Å². The lowest BCUT2D eigenvalue weighted by Crippen LogP contribution is -1.94. The van der Waals surface area contributed by atoms with Crippen LogP contribution in [0.4, 0.5) is 5.69 Å². The average Bonchev–Trinajstić information content (AvgIpc) is 2.35. The van der Waals surface area contributed by atoms with Gasteiger partial charge in [0, 0.05) is 17.3 Å². The molecule has 4 nitrogen and oxygen atoms in total. The zero-order valence-corrected chi connectivity index (χ0v) is 10.0. The first-order chi connectivity index (χ1) is 8.20. The highest BCUT2D eigenvalue weighted by molar-refractivity contribution is 7.99. The largest absolute Gasteiger partial charge is 0.397 e. The number of nitrogens with zero attached hydrogens (tertiary/aromatic N) is 3. The molecular weight excluding hydrogens is 232 g/mol. The van der Waals surface area contributed by atoms with Crippen LogP contribution < -0.4 is 5.73 Å². The van der Waals surface area contributed by atoms with Gasteiger partial charge in [0.15, 0.2) is 5.16 Å². The Bertz CT molecular complexity index is 572. The molecule has 0 aliphatic rings. The highest BCUT2D eigenvalue weighted by Gasteiger charge is 2.07. The van der Waals surface area contributed by atoms with E-state index in [1.807, 2.05) is 13.0 Å². The van der Waals surface area contributed by atoms with E-state index in [9.17, 15) is 0 Å². The van der Waals surface area contributed by atoms with Crippen molar-refractivity contribution in [3.05, 3.63) is 41.7 Å². The van der Waals surface area contributed by atoms with Gasteiger partial charge in [0.25, 0.3) is 0 Å². The molecular formula is C12H10N4S. The number of rotatable bonds is 2. The second kappa shape index (κ2) is 4.85. The number of nitrogen functional groups attached to an aromatic ring is 1. The summed E-state index contributed by atoms with van der Waals surface area (Å²) in [5.74, 6) is 0. The summed E-state index contributed by atoms with van der Waals surface area (Å²) >= 11 is 1.35. The molecule has 17 heavy (non-hydrogen) atoms. The first-order valence-corrected chi connectivity index (χ1v) is 5.77. The number of benzene rings is 1. The minimum absolute atomic E-state index is 0.474. The van der Waals surface area contributed by atoms with Gasteiger partial charge in [0.1, 0.15) is 6.07 Å². The fourth-order valence-electron chi connectivity index (χ4n) is 1.26. The van der Waals surface area contributed by atoms with E-state index in [0.717, 1.165) is 10.5 Å². The van der Waals surface area contributed by atoms with Gasteiger partial charge in [-0.1, -0.05) is 6.07 Å². The van der Waals surface area contributed by atoms with Crippen LogP contribution in [-0.2, 0) is 0 Å². The van der Waals surface area contributed by atoms with Gasteiger partial charge in [-0.3, -0.25) is 0 Å². The SMILES string of the molecule is Cc1cnc(Sc2cccc(C#N)c2N)nc1. The van der Waals surface area contributed by atoms with E-state index < -0.39 is 0 Å². The standard InChI is InChI=1S/C12H10N4S/c1-8-6-15-12(16-7-8)17-10-4-2-3-9(5-13)11(10)14/h2-4,6-7H,14H2,1H3. The normalized spacial score (nSPS) is 9.88. The number of para-hydroxylation sites is 1. The van der Waals surface area contributed by atoms with Crippen molar-refractivity contribution in [3.63, 3.8) is 0 Å². The second-order valence-electron chi connectivity index (χ2n) is 3.47. The fraction of sp³-hybridized carbons (Fsp3) is 0.0833. The van der Waals surface area contributed by atoms with Gasteiger partial charge in [0.05, 0.1) is 11.3 Å². The Balaban J connectivity index is 2.31. The minimum Gasteiger partial charge on any atom is -0.397 e. The monoisotopic (exact) mass is 242 g/mol. The van der Waals surface area contributed by atoms with E-state index in [2.05, 4.69) is 16.0 Å². The van der Waals surface area contributed by atoms with Crippen LogP contribution in [0.25, 0.3) is 0 Å². The third kappa shape index (κ3) is 2.55. The van der Waals surface area contributed by atoms with Crippen LogP contribution in [0.5, 0.6) is 0 Å². The Hall–Kier alpha value is -2.06. The Kier molecular flexibility index (Phi) is 3.26. The van der Waals surface area contributed by atoms with Gasteiger partial charge in [0.2, 0.25) is 0 Å². The Morgan fingerprint density at radius 1 is 1.29 bits per heavy atom. The molecule has 0 radical (unpaired) electrons. The smallest absolute Gasteiger partial charge is 0.192 e. The fourth-order valence-corrected chi connectivity index (χ4v) is 2.04. The molecule has 0 saturated carbocycles. The zero-order valence-electron chi connectivity index (χ0n) is 9.21. The van der Waals surface area contributed by atoms with E-state index in [4.69, 9.17) is 11.0 Å². The molecule has 0 bridgehead atoms. The lowest BCUT2D eigenvalue weighted by Gasteiger charge is -2.05. The van der Waals surface area contributed by atoms with Gasteiger partial charge >= 0.3 is 0 Å². The van der Waals surface area contributed by atoms with Gasteiger partial charge in [-0.15, -0.1) is 0 Å². The van der Waals surface area contributed by atoms with Crippen LogP contribution in [0, 0.1) is 18.3 Å². The number of anilines is 1. The third-order valence-corrected chi connectivity index (χ3v) is 3.11. The molecule has 0 unspecified atom stereocenters. The molecule has 1 heterocycles. The summed E-state index contributed by atoms with van der Waals surface area (Å²) in [6.07, 6.45) is 3.50. The van der Waals surface area contributed by atoms with Crippen molar-refractivity contribution in [2.45, 2.75) is 17.0 Å². The molecule has 0 aliphatic carbocycles. The van der Waals surface area contributed by atoms with Crippen molar-refractivity contribution in [2.75, 3.05) is 5.73 Å². The summed E-state index contributed by atoms with van der Waals surface area (Å²) in [7, 11) is 0. The topological polar surface area (TPSA) is 75.6 Å². The number of nitrogens with two attached hydrogens (primary N) is 1. The molecule has 84 valence electrons. The summed E-state index contributed by atoms with van der Waals surface area (Å²) in [5.41, 5.74) is 7.83. The molecule has 0 amide bonds. The highest BCUT2D eigenvalue weighted by atomic mass is 32.2. The van der Waals surface area contributed by atoms with Gasteiger partial charge in [-0.2, -0.15) is 5.26 Å². The maximum absolute atomic E-state index is 8.87. The predicted molar refractivity (Wildman–Crippen MR) is 66.5 cm³/mol. The molecule has 0 fully saturated rings. The molecule has 2 rings (SSSR count). The summed E-state index contributed by atoms with van der Waals surface area (Å²) in [4.78, 5) is 9.17. The average molecular weight is 242 g/mol. The molecule has 0 spiro atoms. The van der Waals surface area contributed by atoms with Crippen LogP contribution in [0.3, 0.4) is 0 Å². The highest BCUT2D eigenvalue weighted by Crippen LogP contribution is 2.31. The Morgan fingerprint density at radius 3 is 2.65 bits per heavy atom. The molecule has 5 heteroatoms. The first kappa shape index (κ1) is 11.4. The molecule has 0 aliphatic heterocycles.